The molecule has 15 heavy (non-hydrogen) atoms. The third kappa shape index (κ3) is 2.38. The van der Waals surface area contributed by atoms with Gasteiger partial charge in [-0.15, -0.1) is 0 Å². The minimum absolute atomic E-state index is 0.108. The van der Waals surface area contributed by atoms with Crippen LogP contribution in [0.15, 0.2) is 16.8 Å². The third-order valence-electron chi connectivity index (χ3n) is 2.92. The molecule has 1 atom stereocenters. The number of nitrogens with zero attached hydrogens (tertiary/aromatic N) is 1. The summed E-state index contributed by atoms with van der Waals surface area (Å²) in [7, 11) is 1.69. The van der Waals surface area contributed by atoms with Crippen LogP contribution in [-0.4, -0.2) is 30.9 Å². The first kappa shape index (κ1) is 10.6. The number of carbonyl (C=O) groups is 1. The molecule has 3 nitrogen and oxygen atoms in total. The fourth-order valence-electron chi connectivity index (χ4n) is 2.12. The highest BCUT2D eigenvalue weighted by Gasteiger charge is 2.27. The van der Waals surface area contributed by atoms with Gasteiger partial charge >= 0.3 is 0 Å². The Morgan fingerprint density at radius 1 is 1.73 bits per heavy atom. The molecule has 0 bridgehead atoms. The zero-order valence-electron chi connectivity index (χ0n) is 8.90. The molecule has 1 amide bonds. The van der Waals surface area contributed by atoms with Crippen molar-refractivity contribution in [3.63, 3.8) is 0 Å². The highest BCUT2D eigenvalue weighted by atomic mass is 32.1. The highest BCUT2D eigenvalue weighted by Crippen LogP contribution is 2.32. The van der Waals surface area contributed by atoms with Crippen molar-refractivity contribution in [2.45, 2.75) is 18.9 Å². The number of likely N-dealkylation sites (tertiary alicyclic amines) is 1. The molecule has 0 aliphatic carbocycles. The monoisotopic (exact) mass is 224 g/mol. The standard InChI is InChI=1S/C11H16N2OS/c1-12-11(14)7-13-5-2-3-10(13)9-4-6-15-8-9/h4,6,8,10H,2-3,5,7H2,1H3,(H,12,14)/t10-/m0/s1. The average molecular weight is 224 g/mol. The Bertz CT molecular complexity index is 323. The van der Waals surface area contributed by atoms with Gasteiger partial charge in [-0.1, -0.05) is 0 Å². The number of amides is 1. The summed E-state index contributed by atoms with van der Waals surface area (Å²) in [6, 6.07) is 2.62. The van der Waals surface area contributed by atoms with E-state index in [1.54, 1.807) is 18.4 Å². The van der Waals surface area contributed by atoms with Crippen LogP contribution in [0.3, 0.4) is 0 Å². The van der Waals surface area contributed by atoms with Gasteiger partial charge in [-0.3, -0.25) is 9.69 Å². The zero-order valence-corrected chi connectivity index (χ0v) is 9.72. The van der Waals surface area contributed by atoms with Crippen LogP contribution < -0.4 is 5.32 Å². The van der Waals surface area contributed by atoms with E-state index in [9.17, 15) is 4.79 Å². The summed E-state index contributed by atoms with van der Waals surface area (Å²) in [5, 5.41) is 6.97. The quantitative estimate of drug-likeness (QED) is 0.846. The second-order valence-electron chi connectivity index (χ2n) is 3.86. The van der Waals surface area contributed by atoms with Gasteiger partial charge in [0.2, 0.25) is 5.91 Å². The molecule has 1 N–H and O–H groups in total. The number of nitrogens with one attached hydrogen (secondary N) is 1. The van der Waals surface area contributed by atoms with E-state index in [-0.39, 0.29) is 5.91 Å². The average Bonchev–Trinajstić information content (AvgIpc) is 2.86. The lowest BCUT2D eigenvalue weighted by Gasteiger charge is -2.22. The molecular formula is C11H16N2OS. The first-order chi connectivity index (χ1) is 7.31. The van der Waals surface area contributed by atoms with E-state index in [1.165, 1.54) is 18.4 Å². The van der Waals surface area contributed by atoms with Crippen LogP contribution in [-0.2, 0) is 4.79 Å². The summed E-state index contributed by atoms with van der Waals surface area (Å²) in [5.74, 6) is 0.108. The lowest BCUT2D eigenvalue weighted by Crippen LogP contribution is -2.35. The Balaban J connectivity index is 2.02. The summed E-state index contributed by atoms with van der Waals surface area (Å²) < 4.78 is 0. The first-order valence-electron chi connectivity index (χ1n) is 5.28. The Morgan fingerprint density at radius 2 is 2.60 bits per heavy atom. The van der Waals surface area contributed by atoms with Gasteiger partial charge in [-0.2, -0.15) is 11.3 Å². The van der Waals surface area contributed by atoms with Crippen molar-refractivity contribution in [1.82, 2.24) is 10.2 Å². The van der Waals surface area contributed by atoms with Crippen molar-refractivity contribution in [2.75, 3.05) is 20.1 Å². The normalized spacial score (nSPS) is 21.8. The number of hydrogen-bond donors (Lipinski definition) is 1. The van der Waals surface area contributed by atoms with Gasteiger partial charge in [-0.05, 0) is 41.8 Å². The predicted octanol–water partition coefficient (Wildman–Crippen LogP) is 1.63. The van der Waals surface area contributed by atoms with Crippen LogP contribution in [0.5, 0.6) is 0 Å². The van der Waals surface area contributed by atoms with Gasteiger partial charge in [-0.25, -0.2) is 0 Å². The minimum atomic E-state index is 0.108. The summed E-state index contributed by atoms with van der Waals surface area (Å²) in [4.78, 5) is 13.6. The molecule has 0 unspecified atom stereocenters. The van der Waals surface area contributed by atoms with Crippen LogP contribution >= 0.6 is 11.3 Å². The Hall–Kier alpha value is -0.870. The van der Waals surface area contributed by atoms with Crippen LogP contribution in [0.1, 0.15) is 24.4 Å². The number of carbonyl (C=O) groups excluding carboxylic acids is 1. The van der Waals surface area contributed by atoms with E-state index in [0.717, 1.165) is 6.54 Å². The Kier molecular flexibility index (Phi) is 3.38. The van der Waals surface area contributed by atoms with E-state index < -0.39 is 0 Å². The van der Waals surface area contributed by atoms with E-state index in [4.69, 9.17) is 0 Å². The number of rotatable bonds is 3. The minimum Gasteiger partial charge on any atom is -0.358 e. The molecule has 82 valence electrons. The number of likely N-dealkylation sites (N-methyl/N-ethyl adjacent to an activating group) is 1. The third-order valence-corrected chi connectivity index (χ3v) is 3.62. The molecule has 1 aromatic heterocycles. The van der Waals surface area contributed by atoms with Crippen LogP contribution in [0.2, 0.25) is 0 Å². The van der Waals surface area contributed by atoms with Crippen LogP contribution in [0, 0.1) is 0 Å². The van der Waals surface area contributed by atoms with Crippen molar-refractivity contribution in [3.8, 4) is 0 Å². The van der Waals surface area contributed by atoms with Crippen molar-refractivity contribution in [3.05, 3.63) is 22.4 Å². The van der Waals surface area contributed by atoms with Crippen LogP contribution in [0.4, 0.5) is 0 Å². The second kappa shape index (κ2) is 4.77. The van der Waals surface area contributed by atoms with Crippen LogP contribution in [0.25, 0.3) is 0 Å². The van der Waals surface area contributed by atoms with Crippen molar-refractivity contribution < 1.29 is 4.79 Å². The fourth-order valence-corrected chi connectivity index (χ4v) is 2.83. The maximum Gasteiger partial charge on any atom is 0.233 e. The van der Waals surface area contributed by atoms with Gasteiger partial charge in [0.15, 0.2) is 0 Å². The molecule has 0 aromatic carbocycles. The highest BCUT2D eigenvalue weighted by molar-refractivity contribution is 7.07. The number of thiophene rings is 1. The molecule has 4 heteroatoms. The Morgan fingerprint density at radius 3 is 3.27 bits per heavy atom. The molecule has 0 spiro atoms. The summed E-state index contributed by atoms with van der Waals surface area (Å²) in [6.07, 6.45) is 2.37. The first-order valence-corrected chi connectivity index (χ1v) is 6.22. The molecule has 1 aliphatic rings. The van der Waals surface area contributed by atoms with Gasteiger partial charge in [0, 0.05) is 13.1 Å². The SMILES string of the molecule is CNC(=O)CN1CCC[C@H]1c1ccsc1. The largest absolute Gasteiger partial charge is 0.358 e. The molecule has 2 heterocycles. The molecule has 1 aromatic rings. The van der Waals surface area contributed by atoms with Crippen molar-refractivity contribution >= 4 is 17.2 Å². The molecule has 1 aliphatic heterocycles. The summed E-state index contributed by atoms with van der Waals surface area (Å²) >= 11 is 1.73. The van der Waals surface area contributed by atoms with Gasteiger partial charge in [0.25, 0.3) is 0 Å². The molecular weight excluding hydrogens is 208 g/mol. The van der Waals surface area contributed by atoms with Gasteiger partial charge in [0.1, 0.15) is 0 Å². The second-order valence-corrected chi connectivity index (χ2v) is 4.64. The Labute approximate surface area is 94.1 Å². The van der Waals surface area contributed by atoms with E-state index in [0.29, 0.717) is 12.6 Å². The number of hydrogen-bond acceptors (Lipinski definition) is 3. The topological polar surface area (TPSA) is 32.3 Å². The van der Waals surface area contributed by atoms with Gasteiger partial charge < -0.3 is 5.32 Å². The van der Waals surface area contributed by atoms with E-state index >= 15 is 0 Å². The molecule has 0 saturated carbocycles. The molecule has 2 rings (SSSR count). The fraction of sp³-hybridized carbons (Fsp3) is 0.545. The maximum absolute atomic E-state index is 11.3. The molecule has 1 saturated heterocycles. The lowest BCUT2D eigenvalue weighted by atomic mass is 10.1. The van der Waals surface area contributed by atoms with E-state index in [2.05, 4.69) is 27.0 Å². The zero-order chi connectivity index (χ0) is 10.7. The summed E-state index contributed by atoms with van der Waals surface area (Å²) in [5.41, 5.74) is 1.36. The lowest BCUT2D eigenvalue weighted by molar-refractivity contribution is -0.122. The van der Waals surface area contributed by atoms with Crippen molar-refractivity contribution in [2.24, 2.45) is 0 Å². The summed E-state index contributed by atoms with van der Waals surface area (Å²) in [6.45, 7) is 1.56. The van der Waals surface area contributed by atoms with Crippen molar-refractivity contribution in [1.29, 1.82) is 0 Å². The molecule has 0 radical (unpaired) electrons. The molecule has 1 fully saturated rings. The predicted molar refractivity (Wildman–Crippen MR) is 61.9 cm³/mol. The maximum atomic E-state index is 11.3. The van der Waals surface area contributed by atoms with E-state index in [1.807, 2.05) is 0 Å². The van der Waals surface area contributed by atoms with Gasteiger partial charge in [0.05, 0.1) is 6.54 Å². The smallest absolute Gasteiger partial charge is 0.233 e.